The highest BCUT2D eigenvalue weighted by molar-refractivity contribution is 5.76. The third-order valence-corrected chi connectivity index (χ3v) is 2.03. The third kappa shape index (κ3) is 1.56. The Hall–Kier alpha value is -1.55. The Balaban J connectivity index is 2.29. The van der Waals surface area contributed by atoms with Gasteiger partial charge in [0.1, 0.15) is 12.9 Å². The number of fused-ring (bicyclic) bond motifs is 1. The molecule has 1 aliphatic rings. The van der Waals surface area contributed by atoms with Gasteiger partial charge >= 0.3 is 0 Å². The maximum atomic E-state index is 10.5. The van der Waals surface area contributed by atoms with Crippen LogP contribution in [0.2, 0.25) is 0 Å². The van der Waals surface area contributed by atoms with Gasteiger partial charge < -0.3 is 14.6 Å². The molecule has 2 rings (SSSR count). The lowest BCUT2D eigenvalue weighted by molar-refractivity contribution is 0.0456. The first-order chi connectivity index (χ1) is 6.83. The molecular formula is C10H10O4. The van der Waals surface area contributed by atoms with Gasteiger partial charge in [-0.25, -0.2) is 0 Å². The molecule has 0 fully saturated rings. The highest BCUT2D eigenvalue weighted by atomic mass is 16.6. The molecule has 0 radical (unpaired) electrons. The number of rotatable bonds is 2. The number of benzene rings is 1. The second kappa shape index (κ2) is 3.67. The molecule has 0 saturated carbocycles. The van der Waals surface area contributed by atoms with Crippen molar-refractivity contribution in [2.45, 2.75) is 6.10 Å². The van der Waals surface area contributed by atoms with Crippen molar-refractivity contribution in [1.29, 1.82) is 0 Å². The summed E-state index contributed by atoms with van der Waals surface area (Å²) in [5, 5.41) is 8.87. The fourth-order valence-corrected chi connectivity index (χ4v) is 1.30. The highest BCUT2D eigenvalue weighted by Crippen LogP contribution is 2.31. The molecule has 1 N–H and O–H groups in total. The first-order valence-corrected chi connectivity index (χ1v) is 4.33. The van der Waals surface area contributed by atoms with Crippen LogP contribution >= 0.6 is 0 Å². The van der Waals surface area contributed by atoms with E-state index < -0.39 is 0 Å². The van der Waals surface area contributed by atoms with E-state index in [0.29, 0.717) is 23.7 Å². The molecule has 0 bridgehead atoms. The van der Waals surface area contributed by atoms with Crippen molar-refractivity contribution >= 4 is 6.29 Å². The van der Waals surface area contributed by atoms with Crippen LogP contribution < -0.4 is 9.47 Å². The van der Waals surface area contributed by atoms with Crippen LogP contribution in [0.15, 0.2) is 18.2 Å². The maximum Gasteiger partial charge on any atom is 0.162 e. The van der Waals surface area contributed by atoms with Gasteiger partial charge in [0, 0.05) is 5.56 Å². The summed E-state index contributed by atoms with van der Waals surface area (Å²) < 4.78 is 10.7. The number of carbonyl (C=O) groups is 1. The molecule has 1 aliphatic heterocycles. The Morgan fingerprint density at radius 3 is 3.07 bits per heavy atom. The van der Waals surface area contributed by atoms with E-state index in [-0.39, 0.29) is 12.7 Å². The zero-order valence-corrected chi connectivity index (χ0v) is 7.47. The van der Waals surface area contributed by atoms with Crippen LogP contribution in [0, 0.1) is 0 Å². The SMILES string of the molecule is O=Cc1ccc2c(c1)O[C@H](CO)CO2. The number of hydrogen-bond acceptors (Lipinski definition) is 4. The van der Waals surface area contributed by atoms with E-state index in [1.165, 1.54) is 0 Å². The zero-order chi connectivity index (χ0) is 9.97. The Morgan fingerprint density at radius 1 is 1.50 bits per heavy atom. The summed E-state index contributed by atoms with van der Waals surface area (Å²) in [4.78, 5) is 10.5. The number of carbonyl (C=O) groups excluding carboxylic acids is 1. The Labute approximate surface area is 81.1 Å². The molecule has 0 spiro atoms. The average Bonchev–Trinajstić information content (AvgIpc) is 2.27. The Kier molecular flexibility index (Phi) is 2.37. The van der Waals surface area contributed by atoms with Gasteiger partial charge in [-0.05, 0) is 18.2 Å². The summed E-state index contributed by atoms with van der Waals surface area (Å²) in [6.07, 6.45) is 0.399. The second-order valence-electron chi connectivity index (χ2n) is 3.06. The summed E-state index contributed by atoms with van der Waals surface area (Å²) in [6, 6.07) is 4.95. The third-order valence-electron chi connectivity index (χ3n) is 2.03. The van der Waals surface area contributed by atoms with Gasteiger partial charge in [0.25, 0.3) is 0 Å². The molecule has 1 aromatic rings. The van der Waals surface area contributed by atoms with Gasteiger partial charge in [0.05, 0.1) is 6.61 Å². The molecule has 0 aliphatic carbocycles. The number of aliphatic hydroxyl groups excluding tert-OH is 1. The van der Waals surface area contributed by atoms with Gasteiger partial charge in [-0.15, -0.1) is 0 Å². The smallest absolute Gasteiger partial charge is 0.162 e. The van der Waals surface area contributed by atoms with Crippen molar-refractivity contribution in [2.75, 3.05) is 13.2 Å². The minimum Gasteiger partial charge on any atom is -0.486 e. The van der Waals surface area contributed by atoms with Gasteiger partial charge in [-0.1, -0.05) is 0 Å². The van der Waals surface area contributed by atoms with Crippen molar-refractivity contribution in [1.82, 2.24) is 0 Å². The molecule has 0 aromatic heterocycles. The maximum absolute atomic E-state index is 10.5. The summed E-state index contributed by atoms with van der Waals surface area (Å²) in [6.45, 7) is 0.245. The quantitative estimate of drug-likeness (QED) is 0.701. The molecule has 0 saturated heterocycles. The summed E-state index contributed by atoms with van der Waals surface area (Å²) in [5.41, 5.74) is 0.533. The lowest BCUT2D eigenvalue weighted by Crippen LogP contribution is -2.32. The molecule has 4 nitrogen and oxygen atoms in total. The monoisotopic (exact) mass is 194 g/mol. The van der Waals surface area contributed by atoms with Crippen molar-refractivity contribution in [3.63, 3.8) is 0 Å². The lowest BCUT2D eigenvalue weighted by atomic mass is 10.2. The molecule has 0 amide bonds. The van der Waals surface area contributed by atoms with Gasteiger partial charge in [0.2, 0.25) is 0 Å². The summed E-state index contributed by atoms with van der Waals surface area (Å²) in [7, 11) is 0. The summed E-state index contributed by atoms with van der Waals surface area (Å²) in [5.74, 6) is 1.13. The number of aldehydes is 1. The van der Waals surface area contributed by atoms with E-state index in [2.05, 4.69) is 0 Å². The predicted molar refractivity (Wildman–Crippen MR) is 48.8 cm³/mol. The number of ether oxygens (including phenoxy) is 2. The van der Waals surface area contributed by atoms with E-state index in [9.17, 15) is 4.79 Å². The van der Waals surface area contributed by atoms with Crippen LogP contribution in [0.4, 0.5) is 0 Å². The first-order valence-electron chi connectivity index (χ1n) is 4.33. The topological polar surface area (TPSA) is 55.8 Å². The van der Waals surface area contributed by atoms with Crippen LogP contribution in [-0.4, -0.2) is 30.7 Å². The predicted octanol–water partition coefficient (Wildman–Crippen LogP) is 0.631. The van der Waals surface area contributed by atoms with Crippen molar-refractivity contribution in [3.05, 3.63) is 23.8 Å². The lowest BCUT2D eigenvalue weighted by Gasteiger charge is -2.25. The van der Waals surface area contributed by atoms with Crippen LogP contribution in [-0.2, 0) is 0 Å². The van der Waals surface area contributed by atoms with E-state index in [0.717, 1.165) is 6.29 Å². The zero-order valence-electron chi connectivity index (χ0n) is 7.47. The van der Waals surface area contributed by atoms with Gasteiger partial charge in [-0.3, -0.25) is 4.79 Å². The molecule has 1 heterocycles. The summed E-state index contributed by atoms with van der Waals surface area (Å²) >= 11 is 0. The average molecular weight is 194 g/mol. The molecular weight excluding hydrogens is 184 g/mol. The molecule has 4 heteroatoms. The highest BCUT2D eigenvalue weighted by Gasteiger charge is 2.20. The van der Waals surface area contributed by atoms with Crippen molar-refractivity contribution < 1.29 is 19.4 Å². The van der Waals surface area contributed by atoms with E-state index in [1.54, 1.807) is 18.2 Å². The Bertz CT molecular complexity index is 348. The second-order valence-corrected chi connectivity index (χ2v) is 3.06. The van der Waals surface area contributed by atoms with Crippen molar-refractivity contribution in [3.8, 4) is 11.5 Å². The Morgan fingerprint density at radius 2 is 2.36 bits per heavy atom. The minimum absolute atomic E-state index is 0.0925. The fraction of sp³-hybridized carbons (Fsp3) is 0.300. The standard InChI is InChI=1S/C10H10O4/c11-4-7-1-2-9-10(3-7)14-8(5-12)6-13-9/h1-4,8,12H,5-6H2/t8-/m1/s1. The molecule has 0 unspecified atom stereocenters. The first kappa shape index (κ1) is 9.02. The van der Waals surface area contributed by atoms with E-state index >= 15 is 0 Å². The molecule has 14 heavy (non-hydrogen) atoms. The molecule has 1 atom stereocenters. The van der Waals surface area contributed by atoms with Gasteiger partial charge in [-0.2, -0.15) is 0 Å². The van der Waals surface area contributed by atoms with Crippen LogP contribution in [0.25, 0.3) is 0 Å². The van der Waals surface area contributed by atoms with Crippen LogP contribution in [0.1, 0.15) is 10.4 Å². The van der Waals surface area contributed by atoms with E-state index in [1.807, 2.05) is 0 Å². The van der Waals surface area contributed by atoms with Gasteiger partial charge in [0.15, 0.2) is 17.6 Å². The largest absolute Gasteiger partial charge is 0.486 e. The molecule has 74 valence electrons. The normalized spacial score (nSPS) is 19.1. The fourth-order valence-electron chi connectivity index (χ4n) is 1.30. The minimum atomic E-state index is -0.343. The van der Waals surface area contributed by atoms with E-state index in [4.69, 9.17) is 14.6 Å². The number of hydrogen-bond donors (Lipinski definition) is 1. The molecule has 1 aromatic carbocycles. The van der Waals surface area contributed by atoms with Crippen LogP contribution in [0.3, 0.4) is 0 Å². The van der Waals surface area contributed by atoms with Crippen LogP contribution in [0.5, 0.6) is 11.5 Å². The van der Waals surface area contributed by atoms with Crippen molar-refractivity contribution in [2.24, 2.45) is 0 Å². The number of aliphatic hydroxyl groups is 1.